The van der Waals surface area contributed by atoms with Crippen molar-refractivity contribution < 1.29 is 5.11 Å². The number of nitrogens with one attached hydrogen (secondary N) is 1. The lowest BCUT2D eigenvalue weighted by Gasteiger charge is -2.13. The maximum atomic E-state index is 9.53. The summed E-state index contributed by atoms with van der Waals surface area (Å²) in [7, 11) is 0. The monoisotopic (exact) mass is 216 g/mol. The molecule has 1 aromatic heterocycles. The van der Waals surface area contributed by atoms with E-state index in [0.717, 1.165) is 23.3 Å². The Bertz CT molecular complexity index is 542. The van der Waals surface area contributed by atoms with E-state index < -0.39 is 0 Å². The SMILES string of the molecule is Cc1nc2ccc(C3(CO)CC3C)cc2[nH]1. The highest BCUT2D eigenvalue weighted by Gasteiger charge is 2.51. The minimum Gasteiger partial charge on any atom is -0.395 e. The Balaban J connectivity index is 2.11. The van der Waals surface area contributed by atoms with E-state index in [-0.39, 0.29) is 12.0 Å². The van der Waals surface area contributed by atoms with Gasteiger partial charge in [0.25, 0.3) is 0 Å². The number of aryl methyl sites for hydroxylation is 1. The van der Waals surface area contributed by atoms with Crippen molar-refractivity contribution in [1.82, 2.24) is 9.97 Å². The van der Waals surface area contributed by atoms with Gasteiger partial charge in [-0.15, -0.1) is 0 Å². The van der Waals surface area contributed by atoms with Gasteiger partial charge in [0.1, 0.15) is 5.82 Å². The van der Waals surface area contributed by atoms with Crippen LogP contribution in [0.1, 0.15) is 24.7 Å². The number of rotatable bonds is 2. The predicted octanol–water partition coefficient (Wildman–Crippen LogP) is 2.14. The number of hydrogen-bond donors (Lipinski definition) is 2. The number of imidazole rings is 1. The molecule has 0 bridgehead atoms. The quantitative estimate of drug-likeness (QED) is 0.808. The van der Waals surface area contributed by atoms with Gasteiger partial charge in [-0.05, 0) is 37.0 Å². The second-order valence-corrected chi connectivity index (χ2v) is 4.97. The summed E-state index contributed by atoms with van der Waals surface area (Å²) in [4.78, 5) is 7.63. The zero-order valence-corrected chi connectivity index (χ0v) is 9.62. The molecule has 3 rings (SSSR count). The van der Waals surface area contributed by atoms with Crippen LogP contribution < -0.4 is 0 Å². The molecule has 3 nitrogen and oxygen atoms in total. The van der Waals surface area contributed by atoms with E-state index >= 15 is 0 Å². The first-order valence-electron chi connectivity index (χ1n) is 5.73. The Hall–Kier alpha value is -1.35. The largest absolute Gasteiger partial charge is 0.395 e. The highest BCUT2D eigenvalue weighted by molar-refractivity contribution is 5.76. The molecule has 2 aromatic rings. The summed E-state index contributed by atoms with van der Waals surface area (Å²) in [5.41, 5.74) is 3.32. The predicted molar refractivity (Wildman–Crippen MR) is 63.4 cm³/mol. The minimum absolute atomic E-state index is 0.00715. The molecule has 0 spiro atoms. The number of fused-ring (bicyclic) bond motifs is 1. The Morgan fingerprint density at radius 3 is 2.94 bits per heavy atom. The number of aliphatic hydroxyl groups excluding tert-OH is 1. The van der Waals surface area contributed by atoms with Crippen LogP contribution in [-0.2, 0) is 5.41 Å². The lowest BCUT2D eigenvalue weighted by atomic mass is 9.94. The molecule has 1 aliphatic carbocycles. The van der Waals surface area contributed by atoms with Crippen molar-refractivity contribution in [2.75, 3.05) is 6.61 Å². The molecule has 2 atom stereocenters. The molecular weight excluding hydrogens is 200 g/mol. The van der Waals surface area contributed by atoms with Crippen molar-refractivity contribution in [3.8, 4) is 0 Å². The molecule has 0 aliphatic heterocycles. The molecule has 3 heteroatoms. The van der Waals surface area contributed by atoms with E-state index in [1.807, 2.05) is 13.0 Å². The fourth-order valence-electron chi connectivity index (χ4n) is 2.65. The van der Waals surface area contributed by atoms with Crippen molar-refractivity contribution in [2.45, 2.75) is 25.7 Å². The summed E-state index contributed by atoms with van der Waals surface area (Å²) < 4.78 is 0. The molecule has 1 saturated carbocycles. The van der Waals surface area contributed by atoms with Crippen molar-refractivity contribution >= 4 is 11.0 Å². The van der Waals surface area contributed by atoms with Gasteiger partial charge < -0.3 is 10.1 Å². The summed E-state index contributed by atoms with van der Waals surface area (Å²) in [5, 5.41) is 9.53. The topological polar surface area (TPSA) is 48.9 Å². The second-order valence-electron chi connectivity index (χ2n) is 4.97. The summed E-state index contributed by atoms with van der Waals surface area (Å²) in [6, 6.07) is 6.27. The maximum absolute atomic E-state index is 9.53. The first-order valence-corrected chi connectivity index (χ1v) is 5.73. The molecule has 2 unspecified atom stereocenters. The molecule has 0 radical (unpaired) electrons. The van der Waals surface area contributed by atoms with Crippen molar-refractivity contribution in [3.05, 3.63) is 29.6 Å². The number of H-pyrrole nitrogens is 1. The molecule has 1 fully saturated rings. The van der Waals surface area contributed by atoms with Crippen LogP contribution in [-0.4, -0.2) is 21.7 Å². The van der Waals surface area contributed by atoms with Crippen LogP contribution in [0.25, 0.3) is 11.0 Å². The molecule has 16 heavy (non-hydrogen) atoms. The summed E-state index contributed by atoms with van der Waals surface area (Å²) in [6.07, 6.45) is 1.09. The Labute approximate surface area is 94.5 Å². The van der Waals surface area contributed by atoms with E-state index in [1.54, 1.807) is 0 Å². The third-order valence-corrected chi connectivity index (χ3v) is 3.91. The summed E-state index contributed by atoms with van der Waals surface area (Å²) in [6.45, 7) is 4.40. The molecule has 84 valence electrons. The number of aliphatic hydroxyl groups is 1. The van der Waals surface area contributed by atoms with Gasteiger partial charge in [0.05, 0.1) is 17.6 Å². The molecule has 2 N–H and O–H groups in total. The van der Waals surface area contributed by atoms with Gasteiger partial charge in [-0.25, -0.2) is 4.98 Å². The highest BCUT2D eigenvalue weighted by atomic mass is 16.3. The van der Waals surface area contributed by atoms with E-state index in [4.69, 9.17) is 0 Å². The van der Waals surface area contributed by atoms with E-state index in [1.165, 1.54) is 5.56 Å². The minimum atomic E-state index is 0.00715. The first kappa shape index (κ1) is 9.85. The van der Waals surface area contributed by atoms with E-state index in [9.17, 15) is 5.11 Å². The summed E-state index contributed by atoms with van der Waals surface area (Å²) in [5.74, 6) is 1.52. The molecule has 1 aliphatic rings. The van der Waals surface area contributed by atoms with Crippen LogP contribution in [0.2, 0.25) is 0 Å². The molecule has 1 aromatic carbocycles. The smallest absolute Gasteiger partial charge is 0.104 e. The molecule has 0 amide bonds. The molecular formula is C13H16N2O. The Morgan fingerprint density at radius 2 is 2.31 bits per heavy atom. The third kappa shape index (κ3) is 1.21. The number of aromatic nitrogens is 2. The van der Waals surface area contributed by atoms with Gasteiger partial charge in [-0.3, -0.25) is 0 Å². The van der Waals surface area contributed by atoms with Gasteiger partial charge in [0.15, 0.2) is 0 Å². The van der Waals surface area contributed by atoms with E-state index in [2.05, 4.69) is 29.0 Å². The lowest BCUT2D eigenvalue weighted by molar-refractivity contribution is 0.247. The third-order valence-electron chi connectivity index (χ3n) is 3.91. The normalized spacial score (nSPS) is 28.6. The zero-order valence-electron chi connectivity index (χ0n) is 9.62. The standard InChI is InChI=1S/C13H16N2O/c1-8-6-13(8,7-16)10-3-4-11-12(5-10)15-9(2)14-11/h3-5,8,16H,6-7H2,1-2H3,(H,14,15). The van der Waals surface area contributed by atoms with Gasteiger partial charge in [0, 0.05) is 5.41 Å². The Kier molecular flexibility index (Phi) is 1.89. The fraction of sp³-hybridized carbons (Fsp3) is 0.462. The number of benzene rings is 1. The van der Waals surface area contributed by atoms with Crippen LogP contribution in [0, 0.1) is 12.8 Å². The van der Waals surface area contributed by atoms with Crippen LogP contribution in [0.4, 0.5) is 0 Å². The van der Waals surface area contributed by atoms with E-state index in [0.29, 0.717) is 5.92 Å². The molecule has 0 saturated heterocycles. The Morgan fingerprint density at radius 1 is 1.56 bits per heavy atom. The summed E-state index contributed by atoms with van der Waals surface area (Å²) >= 11 is 0. The second kappa shape index (κ2) is 3.08. The van der Waals surface area contributed by atoms with Gasteiger partial charge in [-0.1, -0.05) is 13.0 Å². The maximum Gasteiger partial charge on any atom is 0.104 e. The highest BCUT2D eigenvalue weighted by Crippen LogP contribution is 2.53. The fourth-order valence-corrected chi connectivity index (χ4v) is 2.65. The zero-order chi connectivity index (χ0) is 11.3. The van der Waals surface area contributed by atoms with Crippen LogP contribution >= 0.6 is 0 Å². The van der Waals surface area contributed by atoms with Gasteiger partial charge >= 0.3 is 0 Å². The number of aromatic amines is 1. The van der Waals surface area contributed by atoms with Crippen LogP contribution in [0.5, 0.6) is 0 Å². The van der Waals surface area contributed by atoms with Crippen LogP contribution in [0.3, 0.4) is 0 Å². The van der Waals surface area contributed by atoms with Crippen molar-refractivity contribution in [1.29, 1.82) is 0 Å². The van der Waals surface area contributed by atoms with Crippen molar-refractivity contribution in [3.63, 3.8) is 0 Å². The van der Waals surface area contributed by atoms with Crippen LogP contribution in [0.15, 0.2) is 18.2 Å². The lowest BCUT2D eigenvalue weighted by Crippen LogP contribution is -2.14. The van der Waals surface area contributed by atoms with Gasteiger partial charge in [-0.2, -0.15) is 0 Å². The number of hydrogen-bond acceptors (Lipinski definition) is 2. The molecule has 1 heterocycles. The average molecular weight is 216 g/mol. The number of nitrogens with zero attached hydrogens (tertiary/aromatic N) is 1. The first-order chi connectivity index (χ1) is 7.65. The van der Waals surface area contributed by atoms with Crippen molar-refractivity contribution in [2.24, 2.45) is 5.92 Å². The van der Waals surface area contributed by atoms with Gasteiger partial charge in [0.2, 0.25) is 0 Å². The average Bonchev–Trinajstić information content (AvgIpc) is 2.79.